The van der Waals surface area contributed by atoms with E-state index in [1.165, 1.54) is 0 Å². The lowest BCUT2D eigenvalue weighted by Crippen LogP contribution is -2.06. The fraction of sp³-hybridized carbons (Fsp3) is 0.154. The average Bonchev–Trinajstić information content (AvgIpc) is 2.38. The molecule has 0 spiro atoms. The smallest absolute Gasteiger partial charge is 0.392 e. The molecule has 1 heterocycles. The van der Waals surface area contributed by atoms with Crippen LogP contribution >= 0.6 is 11.6 Å². The van der Waals surface area contributed by atoms with Crippen molar-refractivity contribution in [3.63, 3.8) is 0 Å². The van der Waals surface area contributed by atoms with E-state index in [9.17, 15) is 13.2 Å². The summed E-state index contributed by atoms with van der Waals surface area (Å²) in [4.78, 5) is 3.79. The van der Waals surface area contributed by atoms with Crippen molar-refractivity contribution >= 4 is 23.1 Å². The number of nitrogens with one attached hydrogen (secondary N) is 1. The second-order valence-electron chi connectivity index (χ2n) is 4.04. The number of halogens is 4. The molecule has 2 rings (SSSR count). The first-order valence-corrected chi connectivity index (χ1v) is 5.98. The minimum absolute atomic E-state index is 0.00146. The lowest BCUT2D eigenvalue weighted by molar-refractivity contribution is -0.137. The lowest BCUT2D eigenvalue weighted by Gasteiger charge is -2.11. The molecule has 0 amide bonds. The third-order valence-electron chi connectivity index (χ3n) is 2.53. The Morgan fingerprint density at radius 2 is 1.80 bits per heavy atom. The van der Waals surface area contributed by atoms with Crippen molar-refractivity contribution < 1.29 is 18.3 Å². The summed E-state index contributed by atoms with van der Waals surface area (Å²) in [7, 11) is 0. The maximum Gasteiger partial charge on any atom is 0.416 e. The molecule has 7 heteroatoms. The highest BCUT2D eigenvalue weighted by Gasteiger charge is 2.31. The number of hydrogen-bond donors (Lipinski definition) is 2. The Bertz CT molecular complexity index is 600. The van der Waals surface area contributed by atoms with Gasteiger partial charge < -0.3 is 10.4 Å². The largest absolute Gasteiger partial charge is 0.416 e. The molecule has 1 aromatic heterocycles. The van der Waals surface area contributed by atoms with Crippen molar-refractivity contribution in [2.75, 3.05) is 5.32 Å². The molecule has 0 atom stereocenters. The minimum atomic E-state index is -4.48. The van der Waals surface area contributed by atoms with Crippen molar-refractivity contribution in [3.8, 4) is 0 Å². The molecule has 2 N–H and O–H groups in total. The molecule has 2 aromatic rings. The summed E-state index contributed by atoms with van der Waals surface area (Å²) < 4.78 is 37.9. The van der Waals surface area contributed by atoms with E-state index in [0.717, 1.165) is 12.1 Å². The molecule has 0 unspecified atom stereocenters. The van der Waals surface area contributed by atoms with Gasteiger partial charge in [0.15, 0.2) is 0 Å². The highest BCUT2D eigenvalue weighted by molar-refractivity contribution is 6.29. The van der Waals surface area contributed by atoms with E-state index in [4.69, 9.17) is 16.7 Å². The van der Waals surface area contributed by atoms with Gasteiger partial charge in [-0.1, -0.05) is 23.7 Å². The number of hydrogen-bond acceptors (Lipinski definition) is 3. The van der Waals surface area contributed by atoms with Crippen LogP contribution in [-0.4, -0.2) is 10.1 Å². The zero-order chi connectivity index (χ0) is 14.8. The van der Waals surface area contributed by atoms with E-state index in [2.05, 4.69) is 10.3 Å². The Kier molecular flexibility index (Phi) is 4.15. The van der Waals surface area contributed by atoms with E-state index in [-0.39, 0.29) is 17.6 Å². The molecule has 0 saturated carbocycles. The van der Waals surface area contributed by atoms with Crippen molar-refractivity contribution in [2.45, 2.75) is 12.8 Å². The lowest BCUT2D eigenvalue weighted by atomic mass is 10.2. The number of aliphatic hydroxyl groups is 1. The van der Waals surface area contributed by atoms with Crippen LogP contribution in [0.5, 0.6) is 0 Å². The van der Waals surface area contributed by atoms with Crippen LogP contribution in [0.15, 0.2) is 36.4 Å². The highest BCUT2D eigenvalue weighted by Crippen LogP contribution is 2.32. The topological polar surface area (TPSA) is 45.1 Å². The molecule has 0 aliphatic heterocycles. The predicted octanol–water partition coefficient (Wildman–Crippen LogP) is 3.99. The van der Waals surface area contributed by atoms with Gasteiger partial charge in [-0.05, 0) is 29.8 Å². The van der Waals surface area contributed by atoms with Crippen LogP contribution in [0.4, 0.5) is 24.7 Å². The number of alkyl halides is 3. The van der Waals surface area contributed by atoms with Gasteiger partial charge in [0.25, 0.3) is 0 Å². The van der Waals surface area contributed by atoms with Gasteiger partial charge in [-0.2, -0.15) is 13.2 Å². The maximum absolute atomic E-state index is 12.6. The first kappa shape index (κ1) is 14.6. The molecule has 0 fully saturated rings. The van der Waals surface area contributed by atoms with Gasteiger partial charge in [0, 0.05) is 5.69 Å². The fourth-order valence-electron chi connectivity index (χ4n) is 1.57. The summed E-state index contributed by atoms with van der Waals surface area (Å²) in [5.41, 5.74) is 0.377. The summed E-state index contributed by atoms with van der Waals surface area (Å²) in [6, 6.07) is 8.20. The Morgan fingerprint density at radius 1 is 1.15 bits per heavy atom. The van der Waals surface area contributed by atoms with Gasteiger partial charge in [0.2, 0.25) is 0 Å². The summed E-state index contributed by atoms with van der Waals surface area (Å²) in [6.45, 7) is -0.103. The van der Waals surface area contributed by atoms with Crippen LogP contribution in [0.25, 0.3) is 0 Å². The first-order valence-electron chi connectivity index (χ1n) is 5.60. The molecular formula is C13H10ClF3N2O. The number of aliphatic hydroxyl groups excluding tert-OH is 1. The van der Waals surface area contributed by atoms with E-state index in [0.29, 0.717) is 11.3 Å². The molecule has 0 radical (unpaired) electrons. The summed E-state index contributed by atoms with van der Waals surface area (Å²) in [5, 5.41) is 11.4. The molecule has 1 aromatic carbocycles. The Labute approximate surface area is 118 Å². The molecule has 0 bridgehead atoms. The standard InChI is InChI=1S/C13H10ClF3N2O/c14-11-5-9(13(15,16)17)6-12(19-11)18-10-3-1-8(7-20)2-4-10/h1-6,20H,7H2,(H,18,19). The van der Waals surface area contributed by atoms with Crippen molar-refractivity contribution in [1.82, 2.24) is 4.98 Å². The van der Waals surface area contributed by atoms with Gasteiger partial charge in [-0.15, -0.1) is 0 Å². The molecule has 3 nitrogen and oxygen atoms in total. The Hall–Kier alpha value is -1.79. The third kappa shape index (κ3) is 3.61. The van der Waals surface area contributed by atoms with E-state index in [1.54, 1.807) is 24.3 Å². The van der Waals surface area contributed by atoms with Crippen molar-refractivity contribution in [1.29, 1.82) is 0 Å². The SMILES string of the molecule is OCc1ccc(Nc2cc(C(F)(F)F)cc(Cl)n2)cc1. The summed E-state index contributed by atoms with van der Waals surface area (Å²) in [5.74, 6) is 0.00146. The zero-order valence-corrected chi connectivity index (χ0v) is 10.8. The molecule has 20 heavy (non-hydrogen) atoms. The molecule has 0 saturated heterocycles. The average molecular weight is 303 g/mol. The van der Waals surface area contributed by atoms with Crippen molar-refractivity contribution in [3.05, 3.63) is 52.7 Å². The predicted molar refractivity (Wildman–Crippen MR) is 69.9 cm³/mol. The number of rotatable bonds is 3. The number of nitrogens with zero attached hydrogens (tertiary/aromatic N) is 1. The molecular weight excluding hydrogens is 293 g/mol. The van der Waals surface area contributed by atoms with Gasteiger partial charge in [-0.3, -0.25) is 0 Å². The Morgan fingerprint density at radius 3 is 2.35 bits per heavy atom. The third-order valence-corrected chi connectivity index (χ3v) is 2.72. The van der Waals surface area contributed by atoms with E-state index in [1.807, 2.05) is 0 Å². The second-order valence-corrected chi connectivity index (χ2v) is 4.43. The molecule has 106 valence electrons. The van der Waals surface area contributed by atoms with Crippen LogP contribution in [0, 0.1) is 0 Å². The van der Waals surface area contributed by atoms with E-state index < -0.39 is 11.7 Å². The number of aromatic nitrogens is 1. The van der Waals surface area contributed by atoms with Gasteiger partial charge in [-0.25, -0.2) is 4.98 Å². The summed E-state index contributed by atoms with van der Waals surface area (Å²) >= 11 is 5.59. The van der Waals surface area contributed by atoms with Gasteiger partial charge >= 0.3 is 6.18 Å². The zero-order valence-electron chi connectivity index (χ0n) is 10.1. The van der Waals surface area contributed by atoms with Crippen LogP contribution in [-0.2, 0) is 12.8 Å². The normalized spacial score (nSPS) is 11.4. The number of anilines is 2. The van der Waals surface area contributed by atoms with Crippen LogP contribution in [0.3, 0.4) is 0 Å². The summed E-state index contributed by atoms with van der Waals surface area (Å²) in [6.07, 6.45) is -4.48. The van der Waals surface area contributed by atoms with Crippen molar-refractivity contribution in [2.24, 2.45) is 0 Å². The number of benzene rings is 1. The monoisotopic (exact) mass is 302 g/mol. The first-order chi connectivity index (χ1) is 9.38. The van der Waals surface area contributed by atoms with Gasteiger partial charge in [0.05, 0.1) is 12.2 Å². The van der Waals surface area contributed by atoms with Crippen LogP contribution in [0.2, 0.25) is 5.15 Å². The van der Waals surface area contributed by atoms with Crippen LogP contribution < -0.4 is 5.32 Å². The fourth-order valence-corrected chi connectivity index (χ4v) is 1.77. The van der Waals surface area contributed by atoms with Gasteiger partial charge in [0.1, 0.15) is 11.0 Å². The highest BCUT2D eigenvalue weighted by atomic mass is 35.5. The quantitative estimate of drug-likeness (QED) is 0.843. The molecule has 0 aliphatic rings. The second kappa shape index (κ2) is 5.68. The van der Waals surface area contributed by atoms with E-state index >= 15 is 0 Å². The minimum Gasteiger partial charge on any atom is -0.392 e. The maximum atomic E-state index is 12.6. The van der Waals surface area contributed by atoms with Crippen LogP contribution in [0.1, 0.15) is 11.1 Å². The molecule has 0 aliphatic carbocycles. The Balaban J connectivity index is 2.26. The number of pyridine rings is 1.